The number of rotatable bonds is 7. The third-order valence-corrected chi connectivity index (χ3v) is 3.54. The Balaban J connectivity index is 2.46. The molecular weight excluding hydrogens is 218 g/mol. The molecule has 1 rings (SSSR count). The van der Waals surface area contributed by atoms with Crippen molar-refractivity contribution in [2.24, 2.45) is 5.92 Å². The molecule has 1 heteroatoms. The normalized spacial score (nSPS) is 14.8. The van der Waals surface area contributed by atoms with Gasteiger partial charge >= 0.3 is 0 Å². The van der Waals surface area contributed by atoms with Gasteiger partial charge in [-0.15, -0.1) is 0 Å². The van der Waals surface area contributed by atoms with E-state index in [2.05, 4.69) is 64.2 Å². The highest BCUT2D eigenvalue weighted by atomic mass is 14.9. The summed E-state index contributed by atoms with van der Waals surface area (Å²) in [6.07, 6.45) is 2.44. The zero-order chi connectivity index (χ0) is 13.5. The van der Waals surface area contributed by atoms with E-state index in [0.29, 0.717) is 12.0 Å². The summed E-state index contributed by atoms with van der Waals surface area (Å²) < 4.78 is 0. The molecule has 0 aromatic heterocycles. The fraction of sp³-hybridized carbons (Fsp3) is 0.647. The molecule has 0 saturated carbocycles. The molecule has 0 fully saturated rings. The fourth-order valence-corrected chi connectivity index (χ4v) is 2.56. The Labute approximate surface area is 113 Å². The van der Waals surface area contributed by atoms with Gasteiger partial charge in [0.15, 0.2) is 0 Å². The minimum atomic E-state index is 0.625. The van der Waals surface area contributed by atoms with Gasteiger partial charge in [-0.1, -0.05) is 52.0 Å². The first-order valence-electron chi connectivity index (χ1n) is 7.35. The monoisotopic (exact) mass is 247 g/mol. The number of hydrogen-bond acceptors (Lipinski definition) is 1. The van der Waals surface area contributed by atoms with Crippen molar-refractivity contribution in [3.05, 3.63) is 35.4 Å². The highest BCUT2D eigenvalue weighted by Crippen LogP contribution is 2.18. The van der Waals surface area contributed by atoms with E-state index in [-0.39, 0.29) is 0 Å². The van der Waals surface area contributed by atoms with Gasteiger partial charge in [0.05, 0.1) is 0 Å². The van der Waals surface area contributed by atoms with Gasteiger partial charge in [0.25, 0.3) is 0 Å². The van der Waals surface area contributed by atoms with Gasteiger partial charge < -0.3 is 5.32 Å². The van der Waals surface area contributed by atoms with Crippen molar-refractivity contribution in [2.45, 2.75) is 59.4 Å². The molecule has 0 saturated heterocycles. The lowest BCUT2D eigenvalue weighted by atomic mass is 9.93. The van der Waals surface area contributed by atoms with Crippen molar-refractivity contribution in [3.63, 3.8) is 0 Å². The quantitative estimate of drug-likeness (QED) is 0.754. The van der Waals surface area contributed by atoms with Crippen LogP contribution in [0.3, 0.4) is 0 Å². The Morgan fingerprint density at radius 3 is 2.11 bits per heavy atom. The minimum absolute atomic E-state index is 0.625. The second-order valence-corrected chi connectivity index (χ2v) is 5.90. The van der Waals surface area contributed by atoms with E-state index in [1.54, 1.807) is 0 Å². The zero-order valence-electron chi connectivity index (χ0n) is 12.7. The first-order valence-corrected chi connectivity index (χ1v) is 7.35. The van der Waals surface area contributed by atoms with Crippen molar-refractivity contribution >= 4 is 0 Å². The van der Waals surface area contributed by atoms with Crippen LogP contribution in [0.4, 0.5) is 0 Å². The standard InChI is InChI=1S/C17H29N/c1-6-18-15(5)11-14(4)12-16-7-9-17(10-8-16)13(2)3/h7-10,13-15,18H,6,11-12H2,1-5H3. The van der Waals surface area contributed by atoms with Crippen LogP contribution < -0.4 is 5.32 Å². The summed E-state index contributed by atoms with van der Waals surface area (Å²) in [6, 6.07) is 9.77. The van der Waals surface area contributed by atoms with Gasteiger partial charge in [0.2, 0.25) is 0 Å². The summed E-state index contributed by atoms with van der Waals surface area (Å²) in [7, 11) is 0. The summed E-state index contributed by atoms with van der Waals surface area (Å²) in [6.45, 7) is 12.4. The fourth-order valence-electron chi connectivity index (χ4n) is 2.56. The minimum Gasteiger partial charge on any atom is -0.315 e. The summed E-state index contributed by atoms with van der Waals surface area (Å²) in [4.78, 5) is 0. The van der Waals surface area contributed by atoms with Crippen LogP contribution in [0.1, 0.15) is 58.1 Å². The molecular formula is C17H29N. The molecule has 0 radical (unpaired) electrons. The van der Waals surface area contributed by atoms with Crippen molar-refractivity contribution in [3.8, 4) is 0 Å². The second-order valence-electron chi connectivity index (χ2n) is 5.90. The van der Waals surface area contributed by atoms with Crippen LogP contribution in [0.5, 0.6) is 0 Å². The van der Waals surface area contributed by atoms with Crippen LogP contribution in [0.15, 0.2) is 24.3 Å². The molecule has 2 atom stereocenters. The van der Waals surface area contributed by atoms with Crippen molar-refractivity contribution in [1.82, 2.24) is 5.32 Å². The lowest BCUT2D eigenvalue weighted by Crippen LogP contribution is -2.27. The average molecular weight is 247 g/mol. The largest absolute Gasteiger partial charge is 0.315 e. The molecule has 18 heavy (non-hydrogen) atoms. The third-order valence-electron chi connectivity index (χ3n) is 3.54. The molecule has 0 bridgehead atoms. The molecule has 102 valence electrons. The number of hydrogen-bond donors (Lipinski definition) is 1. The van der Waals surface area contributed by atoms with Crippen LogP contribution in [-0.2, 0) is 6.42 Å². The number of nitrogens with one attached hydrogen (secondary N) is 1. The molecule has 0 aliphatic rings. The SMILES string of the molecule is CCNC(C)CC(C)Cc1ccc(C(C)C)cc1. The Bertz CT molecular complexity index is 326. The van der Waals surface area contributed by atoms with Crippen molar-refractivity contribution in [2.75, 3.05) is 6.54 Å². The van der Waals surface area contributed by atoms with E-state index < -0.39 is 0 Å². The van der Waals surface area contributed by atoms with E-state index in [0.717, 1.165) is 12.5 Å². The first kappa shape index (κ1) is 15.2. The molecule has 0 heterocycles. The summed E-state index contributed by atoms with van der Waals surface area (Å²) >= 11 is 0. The topological polar surface area (TPSA) is 12.0 Å². The van der Waals surface area contributed by atoms with Crippen LogP contribution in [0, 0.1) is 5.92 Å². The molecule has 1 aromatic carbocycles. The maximum Gasteiger partial charge on any atom is 0.00412 e. The lowest BCUT2D eigenvalue weighted by molar-refractivity contribution is 0.426. The van der Waals surface area contributed by atoms with Gasteiger partial charge in [-0.05, 0) is 49.3 Å². The highest BCUT2D eigenvalue weighted by Gasteiger charge is 2.09. The number of benzene rings is 1. The third kappa shape index (κ3) is 5.22. The predicted octanol–water partition coefficient (Wildman–Crippen LogP) is 4.38. The Morgan fingerprint density at radius 2 is 1.61 bits per heavy atom. The summed E-state index contributed by atoms with van der Waals surface area (Å²) in [5.41, 5.74) is 2.91. The second kappa shape index (κ2) is 7.58. The van der Waals surface area contributed by atoms with Crippen LogP contribution in [-0.4, -0.2) is 12.6 Å². The van der Waals surface area contributed by atoms with Crippen LogP contribution in [0.2, 0.25) is 0 Å². The maximum absolute atomic E-state index is 3.49. The predicted molar refractivity (Wildman–Crippen MR) is 81.2 cm³/mol. The van der Waals surface area contributed by atoms with Gasteiger partial charge in [-0.2, -0.15) is 0 Å². The van der Waals surface area contributed by atoms with E-state index >= 15 is 0 Å². The van der Waals surface area contributed by atoms with Gasteiger partial charge in [0.1, 0.15) is 0 Å². The zero-order valence-corrected chi connectivity index (χ0v) is 12.7. The Morgan fingerprint density at radius 1 is 1.00 bits per heavy atom. The molecule has 1 N–H and O–H groups in total. The van der Waals surface area contributed by atoms with E-state index in [1.807, 2.05) is 0 Å². The van der Waals surface area contributed by atoms with Crippen molar-refractivity contribution in [1.29, 1.82) is 0 Å². The molecule has 0 spiro atoms. The maximum atomic E-state index is 3.49. The van der Waals surface area contributed by atoms with Gasteiger partial charge in [0, 0.05) is 6.04 Å². The van der Waals surface area contributed by atoms with E-state index in [4.69, 9.17) is 0 Å². The molecule has 0 aliphatic heterocycles. The van der Waals surface area contributed by atoms with E-state index in [1.165, 1.54) is 24.0 Å². The highest BCUT2D eigenvalue weighted by molar-refractivity contribution is 5.24. The average Bonchev–Trinajstić information content (AvgIpc) is 2.29. The summed E-state index contributed by atoms with van der Waals surface area (Å²) in [5, 5.41) is 3.49. The van der Waals surface area contributed by atoms with Crippen LogP contribution in [0.25, 0.3) is 0 Å². The summed E-state index contributed by atoms with van der Waals surface area (Å²) in [5.74, 6) is 1.37. The van der Waals surface area contributed by atoms with Gasteiger partial charge in [-0.25, -0.2) is 0 Å². The van der Waals surface area contributed by atoms with Gasteiger partial charge in [-0.3, -0.25) is 0 Å². The lowest BCUT2D eigenvalue weighted by Gasteiger charge is -2.18. The molecule has 0 amide bonds. The molecule has 1 nitrogen and oxygen atoms in total. The van der Waals surface area contributed by atoms with Crippen LogP contribution >= 0.6 is 0 Å². The molecule has 0 aliphatic carbocycles. The molecule has 1 aromatic rings. The molecule has 2 unspecified atom stereocenters. The smallest absolute Gasteiger partial charge is 0.00412 e. The Kier molecular flexibility index (Phi) is 6.42. The Hall–Kier alpha value is -0.820. The van der Waals surface area contributed by atoms with Crippen molar-refractivity contribution < 1.29 is 0 Å². The van der Waals surface area contributed by atoms with E-state index in [9.17, 15) is 0 Å². The first-order chi connectivity index (χ1) is 8.52.